The molecule has 1 aliphatic heterocycles. The van der Waals surface area contributed by atoms with Crippen LogP contribution >= 0.6 is 0 Å². The van der Waals surface area contributed by atoms with Crippen molar-refractivity contribution in [2.24, 2.45) is 5.92 Å². The van der Waals surface area contributed by atoms with E-state index >= 15 is 0 Å². The maximum absolute atomic E-state index is 12.6. The van der Waals surface area contributed by atoms with E-state index in [4.69, 9.17) is 0 Å². The fourth-order valence-corrected chi connectivity index (χ4v) is 3.04. The molecule has 0 saturated carbocycles. The Morgan fingerprint density at radius 1 is 1.00 bits per heavy atom. The number of hydrogen-bond acceptors (Lipinski definition) is 4. The Labute approximate surface area is 158 Å². The first-order valence-electron chi connectivity index (χ1n) is 9.12. The van der Waals surface area contributed by atoms with Gasteiger partial charge in [-0.25, -0.2) is 4.98 Å². The number of nitrogens with zero attached hydrogens (tertiary/aromatic N) is 2. The average Bonchev–Trinajstić information content (AvgIpc) is 2.68. The van der Waals surface area contributed by atoms with Crippen molar-refractivity contribution in [3.63, 3.8) is 0 Å². The highest BCUT2D eigenvalue weighted by Crippen LogP contribution is 2.18. The van der Waals surface area contributed by atoms with Crippen LogP contribution in [0.5, 0.6) is 0 Å². The summed E-state index contributed by atoms with van der Waals surface area (Å²) < 4.78 is 0. The highest BCUT2D eigenvalue weighted by molar-refractivity contribution is 6.04. The Morgan fingerprint density at radius 3 is 2.26 bits per heavy atom. The molecule has 2 aromatic rings. The molecule has 1 aromatic carbocycles. The Balaban J connectivity index is 1.69. The number of aromatic nitrogens is 1. The summed E-state index contributed by atoms with van der Waals surface area (Å²) in [4.78, 5) is 42.5. The van der Waals surface area contributed by atoms with E-state index < -0.39 is 5.91 Å². The minimum atomic E-state index is -0.396. The molecule has 6 heteroatoms. The minimum Gasteiger partial charge on any atom is -0.337 e. The SMILES string of the molecule is CC(=O)c1ccc(NC(=O)c2cccc(C(=O)N3CCC(C)CC3)n2)cc1. The molecule has 0 bridgehead atoms. The van der Waals surface area contributed by atoms with Gasteiger partial charge in [0.15, 0.2) is 5.78 Å². The number of Topliss-reactive ketones (excluding diaryl/α,β-unsaturated/α-hetero) is 1. The first-order chi connectivity index (χ1) is 12.9. The van der Waals surface area contributed by atoms with E-state index in [9.17, 15) is 14.4 Å². The normalized spacial score (nSPS) is 14.7. The van der Waals surface area contributed by atoms with Crippen molar-refractivity contribution in [1.29, 1.82) is 0 Å². The molecule has 6 nitrogen and oxygen atoms in total. The number of carbonyl (C=O) groups excluding carboxylic acids is 3. The lowest BCUT2D eigenvalue weighted by atomic mass is 9.99. The van der Waals surface area contributed by atoms with Gasteiger partial charge in [0.05, 0.1) is 0 Å². The summed E-state index contributed by atoms with van der Waals surface area (Å²) in [5.74, 6) is 0.0660. The molecule has 3 rings (SSSR count). The van der Waals surface area contributed by atoms with Gasteiger partial charge in [0.1, 0.15) is 11.4 Å². The van der Waals surface area contributed by atoms with Crippen LogP contribution < -0.4 is 5.32 Å². The van der Waals surface area contributed by atoms with Crippen LogP contribution in [-0.2, 0) is 0 Å². The standard InChI is InChI=1S/C21H23N3O3/c1-14-10-12-24(13-11-14)21(27)19-5-3-4-18(23-19)20(26)22-17-8-6-16(7-9-17)15(2)25/h3-9,14H,10-13H2,1-2H3,(H,22,26). The van der Waals surface area contributed by atoms with Crippen LogP contribution in [0, 0.1) is 5.92 Å². The zero-order valence-corrected chi connectivity index (χ0v) is 15.6. The quantitative estimate of drug-likeness (QED) is 0.842. The van der Waals surface area contributed by atoms with E-state index in [2.05, 4.69) is 17.2 Å². The van der Waals surface area contributed by atoms with Crippen molar-refractivity contribution in [2.45, 2.75) is 26.7 Å². The molecule has 1 N–H and O–H groups in total. The number of carbonyl (C=O) groups is 3. The molecule has 2 amide bonds. The van der Waals surface area contributed by atoms with E-state index in [0.29, 0.717) is 17.2 Å². The van der Waals surface area contributed by atoms with Crippen LogP contribution in [0.4, 0.5) is 5.69 Å². The van der Waals surface area contributed by atoms with Gasteiger partial charge in [-0.3, -0.25) is 14.4 Å². The zero-order chi connectivity index (χ0) is 19.4. The third-order valence-electron chi connectivity index (χ3n) is 4.82. The van der Waals surface area contributed by atoms with Crippen LogP contribution in [0.3, 0.4) is 0 Å². The predicted molar refractivity (Wildman–Crippen MR) is 103 cm³/mol. The molecule has 1 aliphatic rings. The van der Waals surface area contributed by atoms with Crippen LogP contribution in [0.2, 0.25) is 0 Å². The number of likely N-dealkylation sites (tertiary alicyclic amines) is 1. The first kappa shape index (κ1) is 18.8. The number of ketones is 1. The third kappa shape index (κ3) is 4.58. The van der Waals surface area contributed by atoms with Crippen molar-refractivity contribution in [3.05, 3.63) is 59.4 Å². The Hall–Kier alpha value is -3.02. The number of anilines is 1. The van der Waals surface area contributed by atoms with Gasteiger partial charge in [0.2, 0.25) is 0 Å². The molecular weight excluding hydrogens is 342 g/mol. The number of amides is 2. The monoisotopic (exact) mass is 365 g/mol. The van der Waals surface area contributed by atoms with Gasteiger partial charge < -0.3 is 10.2 Å². The van der Waals surface area contributed by atoms with Crippen molar-refractivity contribution in [2.75, 3.05) is 18.4 Å². The molecule has 0 radical (unpaired) electrons. The molecule has 1 aromatic heterocycles. The topological polar surface area (TPSA) is 79.4 Å². The van der Waals surface area contributed by atoms with Crippen LogP contribution in [-0.4, -0.2) is 40.6 Å². The maximum Gasteiger partial charge on any atom is 0.274 e. The largest absolute Gasteiger partial charge is 0.337 e. The van der Waals surface area contributed by atoms with Crippen LogP contribution in [0.15, 0.2) is 42.5 Å². The van der Waals surface area contributed by atoms with Gasteiger partial charge in [0, 0.05) is 24.3 Å². The molecule has 0 aliphatic carbocycles. The number of nitrogens with one attached hydrogen (secondary N) is 1. The zero-order valence-electron chi connectivity index (χ0n) is 15.6. The number of hydrogen-bond donors (Lipinski definition) is 1. The molecule has 0 spiro atoms. The van der Waals surface area contributed by atoms with E-state index in [1.54, 1.807) is 47.4 Å². The van der Waals surface area contributed by atoms with Crippen molar-refractivity contribution in [3.8, 4) is 0 Å². The second-order valence-corrected chi connectivity index (χ2v) is 6.97. The molecule has 140 valence electrons. The van der Waals surface area contributed by atoms with Crippen LogP contribution in [0.1, 0.15) is 58.0 Å². The fraction of sp³-hybridized carbons (Fsp3) is 0.333. The summed E-state index contributed by atoms with van der Waals surface area (Å²) in [5, 5.41) is 2.74. The Bertz CT molecular complexity index is 853. The van der Waals surface area contributed by atoms with Gasteiger partial charge in [-0.05, 0) is 62.1 Å². The summed E-state index contributed by atoms with van der Waals surface area (Å²) in [6, 6.07) is 11.5. The second kappa shape index (κ2) is 8.12. The summed E-state index contributed by atoms with van der Waals surface area (Å²) >= 11 is 0. The molecule has 1 saturated heterocycles. The molecule has 0 atom stereocenters. The molecular formula is C21H23N3O3. The lowest BCUT2D eigenvalue weighted by molar-refractivity contribution is 0.0691. The van der Waals surface area contributed by atoms with Gasteiger partial charge in [0.25, 0.3) is 11.8 Å². The average molecular weight is 365 g/mol. The number of pyridine rings is 1. The number of piperidine rings is 1. The molecule has 2 heterocycles. The summed E-state index contributed by atoms with van der Waals surface area (Å²) in [7, 11) is 0. The van der Waals surface area contributed by atoms with Gasteiger partial charge in [-0.15, -0.1) is 0 Å². The summed E-state index contributed by atoms with van der Waals surface area (Å²) in [6.45, 7) is 5.12. The molecule has 0 unspecified atom stereocenters. The summed E-state index contributed by atoms with van der Waals surface area (Å²) in [6.07, 6.45) is 1.98. The van der Waals surface area contributed by atoms with Crippen LogP contribution in [0.25, 0.3) is 0 Å². The van der Waals surface area contributed by atoms with Gasteiger partial charge >= 0.3 is 0 Å². The van der Waals surface area contributed by atoms with Crippen molar-refractivity contribution < 1.29 is 14.4 Å². The third-order valence-corrected chi connectivity index (χ3v) is 4.82. The molecule has 1 fully saturated rings. The smallest absolute Gasteiger partial charge is 0.274 e. The highest BCUT2D eigenvalue weighted by Gasteiger charge is 2.23. The minimum absolute atomic E-state index is 0.0344. The van der Waals surface area contributed by atoms with E-state index in [-0.39, 0.29) is 23.1 Å². The second-order valence-electron chi connectivity index (χ2n) is 6.97. The molecule has 27 heavy (non-hydrogen) atoms. The predicted octanol–water partition coefficient (Wildman–Crippen LogP) is 3.41. The maximum atomic E-state index is 12.6. The van der Waals surface area contributed by atoms with Crippen molar-refractivity contribution in [1.82, 2.24) is 9.88 Å². The Morgan fingerprint density at radius 2 is 1.63 bits per heavy atom. The van der Waals surface area contributed by atoms with E-state index in [0.717, 1.165) is 25.9 Å². The van der Waals surface area contributed by atoms with E-state index in [1.807, 2.05) is 0 Å². The lowest BCUT2D eigenvalue weighted by Crippen LogP contribution is -2.38. The van der Waals surface area contributed by atoms with Crippen molar-refractivity contribution >= 4 is 23.3 Å². The van der Waals surface area contributed by atoms with E-state index in [1.165, 1.54) is 6.92 Å². The number of rotatable bonds is 4. The fourth-order valence-electron chi connectivity index (χ4n) is 3.04. The first-order valence-corrected chi connectivity index (χ1v) is 9.12. The summed E-state index contributed by atoms with van der Waals surface area (Å²) in [5.41, 5.74) is 1.61. The van der Waals surface area contributed by atoms with Gasteiger partial charge in [-0.1, -0.05) is 13.0 Å². The Kier molecular flexibility index (Phi) is 5.64. The van der Waals surface area contributed by atoms with Gasteiger partial charge in [-0.2, -0.15) is 0 Å². The lowest BCUT2D eigenvalue weighted by Gasteiger charge is -2.30. The number of benzene rings is 1. The highest BCUT2D eigenvalue weighted by atomic mass is 16.2.